The summed E-state index contributed by atoms with van der Waals surface area (Å²) in [6.07, 6.45) is 0.356. The van der Waals surface area contributed by atoms with E-state index in [1.165, 1.54) is 0 Å². The molecule has 0 unspecified atom stereocenters. The molecule has 19 heavy (non-hydrogen) atoms. The minimum absolute atomic E-state index is 0.0340. The van der Waals surface area contributed by atoms with E-state index in [-0.39, 0.29) is 5.91 Å². The number of aromatic nitrogens is 1. The lowest BCUT2D eigenvalue weighted by molar-refractivity contribution is 0.0788. The van der Waals surface area contributed by atoms with E-state index in [2.05, 4.69) is 6.07 Å². The number of para-hydroxylation sites is 1. The van der Waals surface area contributed by atoms with Gasteiger partial charge < -0.3 is 9.47 Å². The molecule has 1 amide bonds. The Kier molecular flexibility index (Phi) is 3.86. The first-order valence-corrected chi connectivity index (χ1v) is 6.39. The predicted octanol–water partition coefficient (Wildman–Crippen LogP) is 2.65. The van der Waals surface area contributed by atoms with Crippen molar-refractivity contribution < 1.29 is 4.79 Å². The summed E-state index contributed by atoms with van der Waals surface area (Å²) in [4.78, 5) is 14.0. The highest BCUT2D eigenvalue weighted by molar-refractivity contribution is 5.98. The number of fused-ring (bicyclic) bond motifs is 1. The van der Waals surface area contributed by atoms with E-state index < -0.39 is 0 Å². The molecule has 0 saturated heterocycles. The lowest BCUT2D eigenvalue weighted by Crippen LogP contribution is -2.29. The topological polar surface area (TPSA) is 49.0 Å². The third-order valence-electron chi connectivity index (χ3n) is 3.25. The summed E-state index contributed by atoms with van der Waals surface area (Å²) in [5, 5.41) is 9.66. The van der Waals surface area contributed by atoms with Crippen molar-refractivity contribution in [2.24, 2.45) is 0 Å². The average molecular weight is 255 g/mol. The molecule has 0 saturated carbocycles. The Morgan fingerprint density at radius 2 is 2.16 bits per heavy atom. The Labute approximate surface area is 112 Å². The van der Waals surface area contributed by atoms with Gasteiger partial charge in [0.05, 0.1) is 12.5 Å². The van der Waals surface area contributed by atoms with Crippen molar-refractivity contribution in [1.29, 1.82) is 5.26 Å². The number of carbonyl (C=O) groups is 1. The molecule has 1 aromatic carbocycles. The van der Waals surface area contributed by atoms with Crippen LogP contribution < -0.4 is 0 Å². The van der Waals surface area contributed by atoms with Crippen molar-refractivity contribution in [3.05, 3.63) is 36.0 Å². The van der Waals surface area contributed by atoms with Crippen LogP contribution in [0.5, 0.6) is 0 Å². The Hall–Kier alpha value is -2.28. The Bertz CT molecular complexity index is 636. The highest BCUT2D eigenvalue weighted by atomic mass is 16.2. The lowest BCUT2D eigenvalue weighted by atomic mass is 10.2. The van der Waals surface area contributed by atoms with Gasteiger partial charge in [-0.15, -0.1) is 0 Å². The van der Waals surface area contributed by atoms with Gasteiger partial charge in [0.1, 0.15) is 5.69 Å². The monoisotopic (exact) mass is 255 g/mol. The van der Waals surface area contributed by atoms with Crippen molar-refractivity contribution in [2.45, 2.75) is 19.9 Å². The molecule has 1 aromatic heterocycles. The fourth-order valence-electron chi connectivity index (χ4n) is 2.24. The van der Waals surface area contributed by atoms with Gasteiger partial charge in [-0.2, -0.15) is 5.26 Å². The molecule has 2 aromatic rings. The summed E-state index contributed by atoms with van der Waals surface area (Å²) in [5.74, 6) is -0.0340. The molecular weight excluding hydrogens is 238 g/mol. The summed E-state index contributed by atoms with van der Waals surface area (Å²) in [7, 11) is 1.73. The average Bonchev–Trinajstić information content (AvgIpc) is 2.82. The first-order valence-electron chi connectivity index (χ1n) is 6.39. The number of carbonyl (C=O) groups excluding carboxylic acids is 1. The second-order valence-corrected chi connectivity index (χ2v) is 4.47. The van der Waals surface area contributed by atoms with Crippen LogP contribution in [0, 0.1) is 11.3 Å². The van der Waals surface area contributed by atoms with Gasteiger partial charge in [-0.1, -0.05) is 18.2 Å². The van der Waals surface area contributed by atoms with E-state index in [4.69, 9.17) is 5.26 Å². The number of nitrogens with zero attached hydrogens (tertiary/aromatic N) is 3. The lowest BCUT2D eigenvalue weighted by Gasteiger charge is -2.16. The second-order valence-electron chi connectivity index (χ2n) is 4.47. The zero-order valence-electron chi connectivity index (χ0n) is 11.3. The summed E-state index contributed by atoms with van der Waals surface area (Å²) in [5.41, 5.74) is 1.76. The van der Waals surface area contributed by atoms with E-state index in [1.54, 1.807) is 11.9 Å². The molecule has 2 rings (SSSR count). The Balaban J connectivity index is 2.39. The maximum Gasteiger partial charge on any atom is 0.270 e. The summed E-state index contributed by atoms with van der Waals surface area (Å²) < 4.78 is 2.01. The zero-order chi connectivity index (χ0) is 13.8. The van der Waals surface area contributed by atoms with E-state index >= 15 is 0 Å². The number of nitriles is 1. The molecule has 0 spiro atoms. The Morgan fingerprint density at radius 1 is 1.42 bits per heavy atom. The Morgan fingerprint density at radius 3 is 2.84 bits per heavy atom. The quantitative estimate of drug-likeness (QED) is 0.843. The number of rotatable bonds is 4. The summed E-state index contributed by atoms with van der Waals surface area (Å²) >= 11 is 0. The van der Waals surface area contributed by atoms with Gasteiger partial charge in [0, 0.05) is 31.0 Å². The fraction of sp³-hybridized carbons (Fsp3) is 0.333. The molecule has 4 heteroatoms. The van der Waals surface area contributed by atoms with Gasteiger partial charge in [-0.3, -0.25) is 4.79 Å². The molecule has 4 nitrogen and oxygen atoms in total. The fourth-order valence-corrected chi connectivity index (χ4v) is 2.24. The first kappa shape index (κ1) is 13.2. The van der Waals surface area contributed by atoms with E-state index in [0.717, 1.165) is 17.4 Å². The number of benzene rings is 1. The third-order valence-corrected chi connectivity index (χ3v) is 3.25. The van der Waals surface area contributed by atoms with Gasteiger partial charge in [0.25, 0.3) is 5.91 Å². The molecule has 0 N–H and O–H groups in total. The standard InChI is InChI=1S/C15H17N3O/c1-3-18-13-8-5-4-7-12(13)11-14(18)15(19)17(2)10-6-9-16/h4-5,7-8,11H,3,6,10H2,1-2H3. The van der Waals surface area contributed by atoms with Crippen LogP contribution in [0.1, 0.15) is 23.8 Å². The van der Waals surface area contributed by atoms with Crippen LogP contribution in [0.25, 0.3) is 10.9 Å². The van der Waals surface area contributed by atoms with Crippen LogP contribution in [-0.4, -0.2) is 29.0 Å². The molecule has 0 aliphatic heterocycles. The predicted molar refractivity (Wildman–Crippen MR) is 74.8 cm³/mol. The van der Waals surface area contributed by atoms with E-state index in [1.807, 2.05) is 41.8 Å². The van der Waals surface area contributed by atoms with Gasteiger partial charge in [0.15, 0.2) is 0 Å². The van der Waals surface area contributed by atoms with Crippen LogP contribution in [-0.2, 0) is 6.54 Å². The molecule has 0 radical (unpaired) electrons. The van der Waals surface area contributed by atoms with Gasteiger partial charge in [0.2, 0.25) is 0 Å². The molecule has 1 heterocycles. The maximum atomic E-state index is 12.4. The summed E-state index contributed by atoms with van der Waals surface area (Å²) in [6.45, 7) is 3.24. The van der Waals surface area contributed by atoms with Crippen molar-refractivity contribution >= 4 is 16.8 Å². The van der Waals surface area contributed by atoms with Crippen molar-refractivity contribution in [3.8, 4) is 6.07 Å². The second kappa shape index (κ2) is 5.57. The van der Waals surface area contributed by atoms with E-state index in [9.17, 15) is 4.79 Å². The molecular formula is C15H17N3O. The number of hydrogen-bond acceptors (Lipinski definition) is 2. The van der Waals surface area contributed by atoms with Crippen LogP contribution in [0.3, 0.4) is 0 Å². The third kappa shape index (κ3) is 2.45. The van der Waals surface area contributed by atoms with Gasteiger partial charge in [-0.25, -0.2) is 0 Å². The smallest absolute Gasteiger partial charge is 0.270 e. The normalized spacial score (nSPS) is 10.4. The van der Waals surface area contributed by atoms with Crippen LogP contribution in [0.4, 0.5) is 0 Å². The highest BCUT2D eigenvalue weighted by Gasteiger charge is 2.17. The molecule has 0 fully saturated rings. The summed E-state index contributed by atoms with van der Waals surface area (Å²) in [6, 6.07) is 11.9. The number of amides is 1. The SMILES string of the molecule is CCn1c(C(=O)N(C)CCC#N)cc2ccccc21. The highest BCUT2D eigenvalue weighted by Crippen LogP contribution is 2.20. The molecule has 0 bridgehead atoms. The molecule has 0 aliphatic carbocycles. The van der Waals surface area contributed by atoms with Crippen molar-refractivity contribution in [1.82, 2.24) is 9.47 Å². The minimum atomic E-state index is -0.0340. The molecule has 0 atom stereocenters. The largest absolute Gasteiger partial charge is 0.339 e. The van der Waals surface area contributed by atoms with Crippen molar-refractivity contribution in [2.75, 3.05) is 13.6 Å². The number of hydrogen-bond donors (Lipinski definition) is 0. The van der Waals surface area contributed by atoms with Crippen LogP contribution in [0.2, 0.25) is 0 Å². The van der Waals surface area contributed by atoms with Gasteiger partial charge >= 0.3 is 0 Å². The molecule has 0 aliphatic rings. The first-order chi connectivity index (χ1) is 9.19. The zero-order valence-corrected chi connectivity index (χ0v) is 11.3. The van der Waals surface area contributed by atoms with Gasteiger partial charge in [-0.05, 0) is 19.1 Å². The van der Waals surface area contributed by atoms with Crippen LogP contribution in [0.15, 0.2) is 30.3 Å². The van der Waals surface area contributed by atoms with Crippen molar-refractivity contribution in [3.63, 3.8) is 0 Å². The number of aryl methyl sites for hydroxylation is 1. The minimum Gasteiger partial charge on any atom is -0.339 e. The molecule has 98 valence electrons. The maximum absolute atomic E-state index is 12.4. The van der Waals surface area contributed by atoms with Crippen LogP contribution >= 0.6 is 0 Å². The van der Waals surface area contributed by atoms with E-state index in [0.29, 0.717) is 18.7 Å².